The van der Waals surface area contributed by atoms with Gasteiger partial charge in [0.05, 0.1) is 18.4 Å². The van der Waals surface area contributed by atoms with Crippen molar-refractivity contribution in [2.45, 2.75) is 13.5 Å². The van der Waals surface area contributed by atoms with Crippen molar-refractivity contribution in [1.29, 1.82) is 0 Å². The average molecular weight is 395 g/mol. The molecule has 6 heteroatoms. The Morgan fingerprint density at radius 2 is 1.76 bits per heavy atom. The Morgan fingerprint density at radius 1 is 1.04 bits per heavy atom. The van der Waals surface area contributed by atoms with E-state index in [1.54, 1.807) is 15.4 Å². The number of aromatic nitrogens is 4. The van der Waals surface area contributed by atoms with Gasteiger partial charge in [0, 0.05) is 4.47 Å². The van der Waals surface area contributed by atoms with Crippen LogP contribution < -0.4 is 5.56 Å². The maximum atomic E-state index is 12.9. The van der Waals surface area contributed by atoms with Gasteiger partial charge >= 0.3 is 0 Å². The smallest absolute Gasteiger partial charge is 0.264 e. The minimum Gasteiger partial charge on any atom is -0.292 e. The third-order valence-electron chi connectivity index (χ3n) is 4.13. The van der Waals surface area contributed by atoms with Crippen LogP contribution in [0.15, 0.2) is 70.1 Å². The fourth-order valence-corrected chi connectivity index (χ4v) is 3.09. The van der Waals surface area contributed by atoms with Crippen LogP contribution >= 0.6 is 15.9 Å². The van der Waals surface area contributed by atoms with Crippen LogP contribution in [-0.4, -0.2) is 19.3 Å². The zero-order valence-electron chi connectivity index (χ0n) is 13.6. The van der Waals surface area contributed by atoms with E-state index in [-0.39, 0.29) is 5.56 Å². The molecule has 5 nitrogen and oxygen atoms in total. The van der Waals surface area contributed by atoms with Crippen molar-refractivity contribution in [3.8, 4) is 5.69 Å². The monoisotopic (exact) mass is 394 g/mol. The normalized spacial score (nSPS) is 11.1. The Bertz CT molecular complexity index is 1100. The average Bonchev–Trinajstić information content (AvgIpc) is 3.05. The molecule has 0 fully saturated rings. The van der Waals surface area contributed by atoms with Crippen molar-refractivity contribution in [2.24, 2.45) is 0 Å². The highest BCUT2D eigenvalue weighted by Crippen LogP contribution is 2.15. The molecular weight excluding hydrogens is 380 g/mol. The number of nitrogens with zero attached hydrogens (tertiary/aromatic N) is 4. The second-order valence-electron chi connectivity index (χ2n) is 5.81. The zero-order chi connectivity index (χ0) is 17.4. The van der Waals surface area contributed by atoms with Crippen LogP contribution in [-0.2, 0) is 6.54 Å². The summed E-state index contributed by atoms with van der Waals surface area (Å²) in [4.78, 5) is 17.6. The summed E-state index contributed by atoms with van der Waals surface area (Å²) in [7, 11) is 0. The Balaban J connectivity index is 1.83. The van der Waals surface area contributed by atoms with Crippen LogP contribution in [0.4, 0.5) is 0 Å². The standard InChI is InChI=1S/C19H15BrN4O/c1-13-22-18-17(11-21-24(18)16-5-3-2-4-6-16)19(25)23(13)12-14-7-9-15(20)10-8-14/h2-11H,12H2,1H3. The molecular formula is C19H15BrN4O. The number of aryl methyl sites for hydroxylation is 1. The van der Waals surface area contributed by atoms with Gasteiger partial charge in [-0.1, -0.05) is 46.3 Å². The minimum absolute atomic E-state index is 0.0763. The highest BCUT2D eigenvalue weighted by Gasteiger charge is 2.14. The van der Waals surface area contributed by atoms with E-state index < -0.39 is 0 Å². The number of para-hydroxylation sites is 1. The molecule has 2 heterocycles. The van der Waals surface area contributed by atoms with E-state index in [0.29, 0.717) is 23.4 Å². The van der Waals surface area contributed by atoms with Gasteiger partial charge in [-0.25, -0.2) is 9.67 Å². The van der Waals surface area contributed by atoms with Crippen LogP contribution in [0.1, 0.15) is 11.4 Å². The summed E-state index contributed by atoms with van der Waals surface area (Å²) in [6, 6.07) is 17.6. The van der Waals surface area contributed by atoms with Gasteiger partial charge in [0.15, 0.2) is 5.65 Å². The molecule has 0 unspecified atom stereocenters. The topological polar surface area (TPSA) is 52.7 Å². The molecule has 0 aliphatic rings. The molecule has 0 saturated heterocycles. The number of halogens is 1. The first-order chi connectivity index (χ1) is 12.1. The van der Waals surface area contributed by atoms with Crippen LogP contribution in [0, 0.1) is 6.92 Å². The van der Waals surface area contributed by atoms with Gasteiger partial charge in [-0.2, -0.15) is 5.10 Å². The molecule has 4 aromatic rings. The third kappa shape index (κ3) is 2.89. The number of rotatable bonds is 3. The Kier molecular flexibility index (Phi) is 3.97. The summed E-state index contributed by atoms with van der Waals surface area (Å²) in [6.45, 7) is 2.33. The SMILES string of the molecule is Cc1nc2c(cnn2-c2ccccc2)c(=O)n1Cc1ccc(Br)cc1. The molecule has 25 heavy (non-hydrogen) atoms. The second kappa shape index (κ2) is 6.29. The molecule has 2 aromatic heterocycles. The molecule has 0 N–H and O–H groups in total. The molecule has 0 amide bonds. The Hall–Kier alpha value is -2.73. The second-order valence-corrected chi connectivity index (χ2v) is 6.72. The van der Waals surface area contributed by atoms with Gasteiger partial charge in [-0.05, 0) is 36.8 Å². The van der Waals surface area contributed by atoms with Gasteiger partial charge in [0.25, 0.3) is 5.56 Å². The minimum atomic E-state index is -0.0763. The lowest BCUT2D eigenvalue weighted by molar-refractivity contribution is 0.709. The van der Waals surface area contributed by atoms with E-state index in [9.17, 15) is 4.79 Å². The van der Waals surface area contributed by atoms with Crippen LogP contribution in [0.5, 0.6) is 0 Å². The van der Waals surface area contributed by atoms with E-state index >= 15 is 0 Å². The van der Waals surface area contributed by atoms with Crippen LogP contribution in [0.25, 0.3) is 16.7 Å². The summed E-state index contributed by atoms with van der Waals surface area (Å²) >= 11 is 3.43. The van der Waals surface area contributed by atoms with E-state index in [1.165, 1.54) is 0 Å². The molecule has 0 spiro atoms. The first kappa shape index (κ1) is 15.8. The predicted octanol–water partition coefficient (Wildman–Crippen LogP) is 3.70. The third-order valence-corrected chi connectivity index (χ3v) is 4.66. The van der Waals surface area contributed by atoms with Crippen LogP contribution in [0.2, 0.25) is 0 Å². The Labute approximate surface area is 152 Å². The van der Waals surface area contributed by atoms with Gasteiger partial charge in [-0.15, -0.1) is 0 Å². The first-order valence-corrected chi connectivity index (χ1v) is 8.68. The molecule has 0 bridgehead atoms. The van der Waals surface area contributed by atoms with Gasteiger partial charge in [-0.3, -0.25) is 9.36 Å². The molecule has 0 saturated carbocycles. The Morgan fingerprint density at radius 3 is 2.48 bits per heavy atom. The highest BCUT2D eigenvalue weighted by atomic mass is 79.9. The summed E-state index contributed by atoms with van der Waals surface area (Å²) in [6.07, 6.45) is 1.59. The van der Waals surface area contributed by atoms with Crippen molar-refractivity contribution in [3.05, 3.63) is 87.0 Å². The van der Waals surface area contributed by atoms with Gasteiger partial charge in [0.2, 0.25) is 0 Å². The van der Waals surface area contributed by atoms with Gasteiger partial charge in [0.1, 0.15) is 11.2 Å². The predicted molar refractivity (Wildman–Crippen MR) is 101 cm³/mol. The molecule has 0 aliphatic heterocycles. The van der Waals surface area contributed by atoms with E-state index in [4.69, 9.17) is 0 Å². The summed E-state index contributed by atoms with van der Waals surface area (Å²) in [5.41, 5.74) is 2.44. The first-order valence-electron chi connectivity index (χ1n) is 7.88. The van der Waals surface area contributed by atoms with E-state index in [0.717, 1.165) is 15.7 Å². The summed E-state index contributed by atoms with van der Waals surface area (Å²) < 4.78 is 4.40. The number of hydrogen-bond donors (Lipinski definition) is 0. The molecule has 0 radical (unpaired) electrons. The van der Waals surface area contributed by atoms with Crippen molar-refractivity contribution in [1.82, 2.24) is 19.3 Å². The number of fused-ring (bicyclic) bond motifs is 1. The van der Waals surface area contributed by atoms with E-state index in [2.05, 4.69) is 26.0 Å². The van der Waals surface area contributed by atoms with Crippen molar-refractivity contribution in [2.75, 3.05) is 0 Å². The molecule has 4 rings (SSSR count). The summed E-state index contributed by atoms with van der Waals surface area (Å²) in [5.74, 6) is 0.665. The summed E-state index contributed by atoms with van der Waals surface area (Å²) in [5, 5.41) is 4.88. The van der Waals surface area contributed by atoms with Crippen LogP contribution in [0.3, 0.4) is 0 Å². The van der Waals surface area contributed by atoms with Crippen molar-refractivity contribution in [3.63, 3.8) is 0 Å². The lowest BCUT2D eigenvalue weighted by Gasteiger charge is -2.10. The maximum absolute atomic E-state index is 12.9. The quantitative estimate of drug-likeness (QED) is 0.532. The maximum Gasteiger partial charge on any atom is 0.264 e. The molecule has 0 aliphatic carbocycles. The zero-order valence-corrected chi connectivity index (χ0v) is 15.1. The van der Waals surface area contributed by atoms with Crippen molar-refractivity contribution < 1.29 is 0 Å². The largest absolute Gasteiger partial charge is 0.292 e. The lowest BCUT2D eigenvalue weighted by Crippen LogP contribution is -2.24. The van der Waals surface area contributed by atoms with Crippen molar-refractivity contribution >= 4 is 27.0 Å². The number of benzene rings is 2. The fraction of sp³-hybridized carbons (Fsp3) is 0.105. The number of hydrogen-bond acceptors (Lipinski definition) is 3. The lowest BCUT2D eigenvalue weighted by atomic mass is 10.2. The fourth-order valence-electron chi connectivity index (χ4n) is 2.82. The molecule has 2 aromatic carbocycles. The van der Waals surface area contributed by atoms with E-state index in [1.807, 2.05) is 61.5 Å². The highest BCUT2D eigenvalue weighted by molar-refractivity contribution is 9.10. The van der Waals surface area contributed by atoms with Gasteiger partial charge < -0.3 is 0 Å². The molecule has 124 valence electrons. The molecule has 0 atom stereocenters.